The van der Waals surface area contributed by atoms with Crippen molar-refractivity contribution in [2.75, 3.05) is 54.0 Å². The molecule has 1 aliphatic heterocycles. The van der Waals surface area contributed by atoms with Gasteiger partial charge >= 0.3 is 0 Å². The summed E-state index contributed by atoms with van der Waals surface area (Å²) in [7, 11) is 5.61. The van der Waals surface area contributed by atoms with Gasteiger partial charge in [-0.2, -0.15) is 0 Å². The Bertz CT molecular complexity index is 460. The highest BCUT2D eigenvalue weighted by Gasteiger charge is 2.14. The smallest absolute Gasteiger partial charge is 0.133 e. The van der Waals surface area contributed by atoms with Crippen molar-refractivity contribution in [3.8, 4) is 11.5 Å². The topological polar surface area (TPSA) is 24.9 Å². The van der Waals surface area contributed by atoms with Gasteiger partial charge in [0, 0.05) is 26.2 Å². The predicted molar refractivity (Wildman–Crippen MR) is 89.5 cm³/mol. The SMILES string of the molecule is COc1cc(CCCN2CCN(C)CC2)c(OC)cc1Br. The van der Waals surface area contributed by atoms with Crippen LogP contribution in [0.15, 0.2) is 16.6 Å². The summed E-state index contributed by atoms with van der Waals surface area (Å²) in [6, 6.07) is 4.07. The molecule has 4 nitrogen and oxygen atoms in total. The van der Waals surface area contributed by atoms with Crippen LogP contribution in [0, 0.1) is 0 Å². The highest BCUT2D eigenvalue weighted by Crippen LogP contribution is 2.33. The van der Waals surface area contributed by atoms with E-state index >= 15 is 0 Å². The Morgan fingerprint density at radius 3 is 2.33 bits per heavy atom. The summed E-state index contributed by atoms with van der Waals surface area (Å²) < 4.78 is 11.8. The molecule has 1 aromatic carbocycles. The monoisotopic (exact) mass is 356 g/mol. The molecule has 0 unspecified atom stereocenters. The summed E-state index contributed by atoms with van der Waals surface area (Å²) in [6.45, 7) is 5.86. The van der Waals surface area contributed by atoms with E-state index in [4.69, 9.17) is 9.47 Å². The molecular weight excluding hydrogens is 332 g/mol. The summed E-state index contributed by atoms with van der Waals surface area (Å²) >= 11 is 3.50. The Hall–Kier alpha value is -0.780. The molecule has 0 bridgehead atoms. The molecule has 1 fully saturated rings. The van der Waals surface area contributed by atoms with Crippen molar-refractivity contribution in [3.05, 3.63) is 22.2 Å². The van der Waals surface area contributed by atoms with Crippen molar-refractivity contribution >= 4 is 15.9 Å². The van der Waals surface area contributed by atoms with Gasteiger partial charge in [-0.25, -0.2) is 0 Å². The van der Waals surface area contributed by atoms with E-state index in [-0.39, 0.29) is 0 Å². The first-order chi connectivity index (χ1) is 10.1. The molecule has 1 aliphatic rings. The predicted octanol–water partition coefficient (Wildman–Crippen LogP) is 2.65. The second-order valence-electron chi connectivity index (χ2n) is 5.55. The molecule has 0 N–H and O–H groups in total. The van der Waals surface area contributed by atoms with Crippen LogP contribution in [-0.2, 0) is 6.42 Å². The number of likely N-dealkylation sites (N-methyl/N-ethyl adjacent to an activating group) is 1. The van der Waals surface area contributed by atoms with Crippen molar-refractivity contribution in [1.82, 2.24) is 9.80 Å². The lowest BCUT2D eigenvalue weighted by Gasteiger charge is -2.32. The second kappa shape index (κ2) is 8.01. The third kappa shape index (κ3) is 4.59. The van der Waals surface area contributed by atoms with Gasteiger partial charge in [0.25, 0.3) is 0 Å². The highest BCUT2D eigenvalue weighted by molar-refractivity contribution is 9.10. The first-order valence-electron chi connectivity index (χ1n) is 7.45. The van der Waals surface area contributed by atoms with Crippen LogP contribution in [0.25, 0.3) is 0 Å². The molecule has 1 heterocycles. The van der Waals surface area contributed by atoms with Crippen LogP contribution in [0.5, 0.6) is 11.5 Å². The van der Waals surface area contributed by atoms with Gasteiger partial charge < -0.3 is 19.3 Å². The first kappa shape index (κ1) is 16.6. The Morgan fingerprint density at radius 1 is 1.05 bits per heavy atom. The van der Waals surface area contributed by atoms with E-state index in [2.05, 4.69) is 38.8 Å². The van der Waals surface area contributed by atoms with Crippen molar-refractivity contribution in [1.29, 1.82) is 0 Å². The fourth-order valence-electron chi connectivity index (χ4n) is 2.68. The Morgan fingerprint density at radius 2 is 1.71 bits per heavy atom. The van der Waals surface area contributed by atoms with E-state index < -0.39 is 0 Å². The summed E-state index contributed by atoms with van der Waals surface area (Å²) in [5.74, 6) is 1.80. The van der Waals surface area contributed by atoms with Crippen LogP contribution in [0.3, 0.4) is 0 Å². The number of ether oxygens (including phenoxy) is 2. The molecule has 0 radical (unpaired) electrons. The van der Waals surface area contributed by atoms with Crippen LogP contribution in [0.4, 0.5) is 0 Å². The van der Waals surface area contributed by atoms with Crippen molar-refractivity contribution in [2.45, 2.75) is 12.8 Å². The summed E-state index contributed by atoms with van der Waals surface area (Å²) in [5.41, 5.74) is 1.21. The third-order valence-electron chi connectivity index (χ3n) is 4.07. The molecule has 118 valence electrons. The van der Waals surface area contributed by atoms with Gasteiger partial charge in [0.1, 0.15) is 11.5 Å². The largest absolute Gasteiger partial charge is 0.496 e. The zero-order chi connectivity index (χ0) is 15.2. The number of benzene rings is 1. The quantitative estimate of drug-likeness (QED) is 0.782. The number of nitrogens with zero attached hydrogens (tertiary/aromatic N) is 2. The lowest BCUT2D eigenvalue weighted by molar-refractivity contribution is 0.153. The average Bonchev–Trinajstić information content (AvgIpc) is 2.50. The Balaban J connectivity index is 1.90. The van der Waals surface area contributed by atoms with E-state index in [0.29, 0.717) is 0 Å². The Kier molecular flexibility index (Phi) is 6.33. The fourth-order valence-corrected chi connectivity index (χ4v) is 3.17. The molecule has 0 atom stereocenters. The van der Waals surface area contributed by atoms with E-state index in [9.17, 15) is 0 Å². The molecule has 0 amide bonds. The van der Waals surface area contributed by atoms with Crippen LogP contribution in [0.1, 0.15) is 12.0 Å². The summed E-state index contributed by atoms with van der Waals surface area (Å²) in [5, 5.41) is 0. The van der Waals surface area contributed by atoms with Gasteiger partial charge in [-0.3, -0.25) is 0 Å². The molecule has 1 saturated heterocycles. The van der Waals surface area contributed by atoms with Gasteiger partial charge in [-0.05, 0) is 60.1 Å². The molecule has 0 aliphatic carbocycles. The minimum Gasteiger partial charge on any atom is -0.496 e. The molecule has 0 aromatic heterocycles. The minimum atomic E-state index is 0.866. The van der Waals surface area contributed by atoms with Gasteiger partial charge in [-0.15, -0.1) is 0 Å². The molecular formula is C16H25BrN2O2. The number of methoxy groups -OCH3 is 2. The maximum Gasteiger partial charge on any atom is 0.133 e. The maximum atomic E-state index is 5.48. The Labute approximate surface area is 136 Å². The fraction of sp³-hybridized carbons (Fsp3) is 0.625. The van der Waals surface area contributed by atoms with Crippen molar-refractivity contribution < 1.29 is 9.47 Å². The molecule has 0 saturated carbocycles. The molecule has 21 heavy (non-hydrogen) atoms. The molecule has 0 spiro atoms. The third-order valence-corrected chi connectivity index (χ3v) is 4.69. The lowest BCUT2D eigenvalue weighted by Crippen LogP contribution is -2.44. The number of rotatable bonds is 6. The first-order valence-corrected chi connectivity index (χ1v) is 8.24. The van der Waals surface area contributed by atoms with E-state index in [1.54, 1.807) is 14.2 Å². The van der Waals surface area contributed by atoms with E-state index in [1.807, 2.05) is 6.07 Å². The number of piperazine rings is 1. The van der Waals surface area contributed by atoms with Gasteiger partial charge in [-0.1, -0.05) is 0 Å². The number of aryl methyl sites for hydroxylation is 1. The highest BCUT2D eigenvalue weighted by atomic mass is 79.9. The number of halogens is 1. The summed E-state index contributed by atoms with van der Waals surface area (Å²) in [6.07, 6.45) is 2.16. The number of hydrogen-bond donors (Lipinski definition) is 0. The van der Waals surface area contributed by atoms with Crippen LogP contribution >= 0.6 is 15.9 Å². The molecule has 5 heteroatoms. The van der Waals surface area contributed by atoms with Gasteiger partial charge in [0.15, 0.2) is 0 Å². The van der Waals surface area contributed by atoms with Crippen LogP contribution in [0.2, 0.25) is 0 Å². The zero-order valence-corrected chi connectivity index (χ0v) is 14.8. The van der Waals surface area contributed by atoms with Crippen LogP contribution < -0.4 is 9.47 Å². The second-order valence-corrected chi connectivity index (χ2v) is 6.40. The lowest BCUT2D eigenvalue weighted by atomic mass is 10.1. The molecule has 2 rings (SSSR count). The minimum absolute atomic E-state index is 0.866. The average molecular weight is 357 g/mol. The van der Waals surface area contributed by atoms with E-state index in [1.165, 1.54) is 31.7 Å². The van der Waals surface area contributed by atoms with Crippen molar-refractivity contribution in [3.63, 3.8) is 0 Å². The normalized spacial score (nSPS) is 17.0. The van der Waals surface area contributed by atoms with Gasteiger partial charge in [0.05, 0.1) is 18.7 Å². The zero-order valence-electron chi connectivity index (χ0n) is 13.2. The summed E-state index contributed by atoms with van der Waals surface area (Å²) in [4.78, 5) is 4.93. The van der Waals surface area contributed by atoms with Gasteiger partial charge in [0.2, 0.25) is 0 Å². The van der Waals surface area contributed by atoms with Crippen molar-refractivity contribution in [2.24, 2.45) is 0 Å². The van der Waals surface area contributed by atoms with E-state index in [0.717, 1.165) is 35.4 Å². The number of hydrogen-bond acceptors (Lipinski definition) is 4. The molecule has 1 aromatic rings. The standard InChI is InChI=1S/C16H25BrN2O2/c1-18-7-9-19(10-8-18)6-4-5-13-11-16(21-3)14(17)12-15(13)20-2/h11-12H,4-10H2,1-3H3. The van der Waals surface area contributed by atoms with Crippen LogP contribution in [-0.4, -0.2) is 63.8 Å². The maximum absolute atomic E-state index is 5.48.